The Bertz CT molecular complexity index is 372. The largest absolute Gasteiger partial charge is 0.481 e. The van der Waals surface area contributed by atoms with Crippen molar-refractivity contribution in [1.29, 1.82) is 0 Å². The van der Waals surface area contributed by atoms with Gasteiger partial charge in [0.15, 0.2) is 0 Å². The third kappa shape index (κ3) is 3.72. The highest BCUT2D eigenvalue weighted by Gasteiger charge is 2.35. The van der Waals surface area contributed by atoms with Gasteiger partial charge in [0.2, 0.25) is 5.91 Å². The van der Waals surface area contributed by atoms with Crippen LogP contribution in [0.25, 0.3) is 0 Å². The molecular weight excluding hydrogens is 256 g/mol. The maximum Gasteiger partial charge on any atom is 0.303 e. The first-order valence-electron chi connectivity index (χ1n) is 7.72. The number of amides is 1. The molecule has 0 saturated carbocycles. The highest BCUT2D eigenvalue weighted by atomic mass is 16.4. The zero-order chi connectivity index (χ0) is 14.7. The van der Waals surface area contributed by atoms with Gasteiger partial charge >= 0.3 is 5.97 Å². The molecule has 3 atom stereocenters. The number of piperidine rings is 1. The van der Waals surface area contributed by atoms with E-state index in [1.165, 1.54) is 19.3 Å². The molecule has 3 unspecified atom stereocenters. The fourth-order valence-corrected chi connectivity index (χ4v) is 3.49. The molecule has 2 rings (SSSR count). The summed E-state index contributed by atoms with van der Waals surface area (Å²) in [5.41, 5.74) is 0. The Kier molecular flexibility index (Phi) is 5.02. The Labute approximate surface area is 120 Å². The molecule has 2 saturated heterocycles. The van der Waals surface area contributed by atoms with Crippen LogP contribution in [-0.4, -0.2) is 58.5 Å². The van der Waals surface area contributed by atoms with Crippen LogP contribution < -0.4 is 0 Å². The van der Waals surface area contributed by atoms with Crippen molar-refractivity contribution in [3.05, 3.63) is 0 Å². The Morgan fingerprint density at radius 2 is 2.00 bits per heavy atom. The molecule has 20 heavy (non-hydrogen) atoms. The maximum atomic E-state index is 12.4. The van der Waals surface area contributed by atoms with E-state index in [0.29, 0.717) is 12.5 Å². The Hall–Kier alpha value is -1.10. The second-order valence-corrected chi connectivity index (χ2v) is 6.45. The van der Waals surface area contributed by atoms with Gasteiger partial charge in [0.05, 0.1) is 0 Å². The molecule has 5 heteroatoms. The fraction of sp³-hybridized carbons (Fsp3) is 0.867. The highest BCUT2D eigenvalue weighted by Crippen LogP contribution is 2.25. The first kappa shape index (κ1) is 15.3. The van der Waals surface area contributed by atoms with E-state index < -0.39 is 5.97 Å². The van der Waals surface area contributed by atoms with Gasteiger partial charge in [-0.1, -0.05) is 13.3 Å². The number of carbonyl (C=O) groups excluding carboxylic acids is 1. The Morgan fingerprint density at radius 3 is 2.70 bits per heavy atom. The number of aliphatic carboxylic acids is 1. The average Bonchev–Trinajstić information content (AvgIpc) is 2.36. The molecule has 114 valence electrons. The van der Waals surface area contributed by atoms with Crippen LogP contribution in [0.5, 0.6) is 0 Å². The van der Waals surface area contributed by atoms with Crippen LogP contribution in [0.2, 0.25) is 0 Å². The molecule has 2 heterocycles. The van der Waals surface area contributed by atoms with Gasteiger partial charge < -0.3 is 10.0 Å². The molecule has 2 aliphatic rings. The lowest BCUT2D eigenvalue weighted by Gasteiger charge is -2.47. The lowest BCUT2D eigenvalue weighted by atomic mass is 9.96. The van der Waals surface area contributed by atoms with Crippen LogP contribution in [-0.2, 0) is 9.59 Å². The molecule has 0 radical (unpaired) electrons. The van der Waals surface area contributed by atoms with Crippen molar-refractivity contribution in [3.8, 4) is 0 Å². The van der Waals surface area contributed by atoms with Crippen molar-refractivity contribution in [2.45, 2.75) is 58.0 Å². The smallest absolute Gasteiger partial charge is 0.303 e. The van der Waals surface area contributed by atoms with Crippen molar-refractivity contribution in [1.82, 2.24) is 9.80 Å². The van der Waals surface area contributed by atoms with Gasteiger partial charge in [-0.3, -0.25) is 14.5 Å². The summed E-state index contributed by atoms with van der Waals surface area (Å²) in [6.45, 7) is 6.88. The molecule has 1 N–H and O–H groups in total. The number of carbonyl (C=O) groups is 2. The summed E-state index contributed by atoms with van der Waals surface area (Å²) in [5.74, 6) is -0.788. The SMILES string of the molecule is CC(CC(=O)O)CC(=O)N1CC2CCCCN2CC1C. The van der Waals surface area contributed by atoms with Gasteiger partial charge in [-0.15, -0.1) is 0 Å². The molecule has 0 aromatic rings. The molecule has 0 spiro atoms. The molecule has 0 aliphatic carbocycles. The Balaban J connectivity index is 1.90. The number of piperazine rings is 1. The summed E-state index contributed by atoms with van der Waals surface area (Å²) < 4.78 is 0. The topological polar surface area (TPSA) is 60.9 Å². The summed E-state index contributed by atoms with van der Waals surface area (Å²) in [5, 5.41) is 8.78. The summed E-state index contributed by atoms with van der Waals surface area (Å²) in [6.07, 6.45) is 4.13. The van der Waals surface area contributed by atoms with Crippen molar-refractivity contribution >= 4 is 11.9 Å². The minimum absolute atomic E-state index is 0.0729. The molecule has 0 aromatic carbocycles. The maximum absolute atomic E-state index is 12.4. The van der Waals surface area contributed by atoms with Crippen LogP contribution in [0.1, 0.15) is 46.0 Å². The van der Waals surface area contributed by atoms with E-state index in [1.54, 1.807) is 0 Å². The lowest BCUT2D eigenvalue weighted by molar-refractivity contribution is -0.140. The minimum atomic E-state index is -0.824. The second kappa shape index (κ2) is 6.57. The lowest BCUT2D eigenvalue weighted by Crippen LogP contribution is -2.60. The van der Waals surface area contributed by atoms with Crippen molar-refractivity contribution in [2.75, 3.05) is 19.6 Å². The molecular formula is C15H26N2O3. The highest BCUT2D eigenvalue weighted by molar-refractivity contribution is 5.78. The number of hydrogen-bond acceptors (Lipinski definition) is 3. The summed E-state index contributed by atoms with van der Waals surface area (Å²) in [7, 11) is 0. The van der Waals surface area contributed by atoms with E-state index in [4.69, 9.17) is 5.11 Å². The average molecular weight is 282 g/mol. The van der Waals surface area contributed by atoms with Crippen molar-refractivity contribution < 1.29 is 14.7 Å². The standard InChI is InChI=1S/C15H26N2O3/c1-11(8-15(19)20)7-14(18)17-10-13-5-3-4-6-16(13)9-12(17)2/h11-13H,3-10H2,1-2H3,(H,19,20). The van der Waals surface area contributed by atoms with Crippen molar-refractivity contribution in [3.63, 3.8) is 0 Å². The zero-order valence-electron chi connectivity index (χ0n) is 12.5. The first-order valence-corrected chi connectivity index (χ1v) is 7.72. The number of hydrogen-bond donors (Lipinski definition) is 1. The second-order valence-electron chi connectivity index (χ2n) is 6.45. The van der Waals surface area contributed by atoms with E-state index >= 15 is 0 Å². The molecule has 0 bridgehead atoms. The monoisotopic (exact) mass is 282 g/mol. The van der Waals surface area contributed by atoms with Gasteiger partial charge in [0, 0.05) is 38.0 Å². The third-order valence-corrected chi connectivity index (χ3v) is 4.55. The quantitative estimate of drug-likeness (QED) is 0.850. The van der Waals surface area contributed by atoms with E-state index in [0.717, 1.165) is 19.6 Å². The number of rotatable bonds is 4. The Morgan fingerprint density at radius 1 is 1.25 bits per heavy atom. The summed E-state index contributed by atoms with van der Waals surface area (Å²) >= 11 is 0. The molecule has 0 aromatic heterocycles. The summed E-state index contributed by atoms with van der Waals surface area (Å²) in [4.78, 5) is 27.6. The van der Waals surface area contributed by atoms with Gasteiger partial charge in [-0.2, -0.15) is 0 Å². The van der Waals surface area contributed by atoms with Crippen LogP contribution in [0, 0.1) is 5.92 Å². The van der Waals surface area contributed by atoms with Gasteiger partial charge in [0.1, 0.15) is 0 Å². The predicted molar refractivity (Wildman–Crippen MR) is 76.4 cm³/mol. The zero-order valence-corrected chi connectivity index (χ0v) is 12.5. The van der Waals surface area contributed by atoms with Gasteiger partial charge in [-0.05, 0) is 32.2 Å². The normalized spacial score (nSPS) is 28.8. The minimum Gasteiger partial charge on any atom is -0.481 e. The summed E-state index contributed by atoms with van der Waals surface area (Å²) in [6, 6.07) is 0.757. The van der Waals surface area contributed by atoms with Crippen LogP contribution in [0.3, 0.4) is 0 Å². The van der Waals surface area contributed by atoms with E-state index in [1.807, 2.05) is 11.8 Å². The van der Waals surface area contributed by atoms with Crippen molar-refractivity contribution in [2.24, 2.45) is 5.92 Å². The fourth-order valence-electron chi connectivity index (χ4n) is 3.49. The number of carboxylic acids is 1. The molecule has 2 aliphatic heterocycles. The van der Waals surface area contributed by atoms with Crippen LogP contribution >= 0.6 is 0 Å². The first-order chi connectivity index (χ1) is 9.47. The molecule has 5 nitrogen and oxygen atoms in total. The molecule has 2 fully saturated rings. The number of carboxylic acid groups (broad SMARTS) is 1. The third-order valence-electron chi connectivity index (χ3n) is 4.55. The predicted octanol–water partition coefficient (Wildman–Crippen LogP) is 1.57. The van der Waals surface area contributed by atoms with Gasteiger partial charge in [-0.25, -0.2) is 0 Å². The van der Waals surface area contributed by atoms with E-state index in [-0.39, 0.29) is 24.3 Å². The van der Waals surface area contributed by atoms with Crippen LogP contribution in [0.4, 0.5) is 0 Å². The number of nitrogens with zero attached hydrogens (tertiary/aromatic N) is 2. The van der Waals surface area contributed by atoms with E-state index in [2.05, 4.69) is 11.8 Å². The van der Waals surface area contributed by atoms with E-state index in [9.17, 15) is 9.59 Å². The van der Waals surface area contributed by atoms with Crippen LogP contribution in [0.15, 0.2) is 0 Å². The van der Waals surface area contributed by atoms with Gasteiger partial charge in [0.25, 0.3) is 0 Å². The number of fused-ring (bicyclic) bond motifs is 1. The molecule has 1 amide bonds.